The summed E-state index contributed by atoms with van der Waals surface area (Å²) < 4.78 is 5.58. The first-order valence-corrected chi connectivity index (χ1v) is 23.2. The summed E-state index contributed by atoms with van der Waals surface area (Å²) in [4.78, 5) is 29.3. The van der Waals surface area contributed by atoms with E-state index in [9.17, 15) is 14.7 Å². The highest BCUT2D eigenvalue weighted by Gasteiger charge is 2.18. The molecule has 0 radical (unpaired) electrons. The van der Waals surface area contributed by atoms with Crippen LogP contribution in [0.5, 0.6) is 0 Å². The van der Waals surface area contributed by atoms with E-state index >= 15 is 0 Å². The number of aliphatic hydroxyl groups excluding tert-OH is 1. The average Bonchev–Trinajstić information content (AvgIpc) is 3.17. The van der Waals surface area contributed by atoms with Gasteiger partial charge in [-0.3, -0.25) is 9.69 Å². The van der Waals surface area contributed by atoms with E-state index < -0.39 is 6.10 Å². The Morgan fingerprint density at radius 3 is 1.58 bits per heavy atom. The number of hydrogen-bond acceptors (Lipinski definition) is 6. The molecule has 0 heterocycles. The van der Waals surface area contributed by atoms with Crippen LogP contribution in [0.3, 0.4) is 0 Å². The predicted octanol–water partition coefficient (Wildman–Crippen LogP) is 12.8. The van der Waals surface area contributed by atoms with Gasteiger partial charge in [0.05, 0.1) is 6.10 Å². The second-order valence-corrected chi connectivity index (χ2v) is 16.1. The number of rotatable bonds is 41. The molecule has 0 aliphatic carbocycles. The van der Waals surface area contributed by atoms with Crippen molar-refractivity contribution in [2.45, 2.75) is 207 Å². The minimum Gasteiger partial charge on any atom is -0.464 e. The Hall–Kier alpha value is -2.02. The lowest BCUT2D eigenvalue weighted by molar-refractivity contribution is -0.144. The van der Waals surface area contributed by atoms with Gasteiger partial charge in [-0.05, 0) is 117 Å². The quantitative estimate of drug-likeness (QED) is 0.0289. The molecule has 55 heavy (non-hydrogen) atoms. The van der Waals surface area contributed by atoms with E-state index in [1.807, 2.05) is 0 Å². The molecule has 6 heteroatoms. The summed E-state index contributed by atoms with van der Waals surface area (Å²) in [6.07, 6.45) is 46.4. The highest BCUT2D eigenvalue weighted by atomic mass is 16.5. The number of carbonyl (C=O) groups excluding carboxylic acids is 2. The van der Waals surface area contributed by atoms with Gasteiger partial charge in [-0.25, -0.2) is 0 Å². The van der Waals surface area contributed by atoms with Gasteiger partial charge in [-0.2, -0.15) is 0 Å². The first-order valence-electron chi connectivity index (χ1n) is 23.2. The van der Waals surface area contributed by atoms with Crippen LogP contribution in [0.25, 0.3) is 0 Å². The Bertz CT molecular complexity index is 959. The number of allylic oxidation sites excluding steroid dienone is 8. The summed E-state index contributed by atoms with van der Waals surface area (Å²) in [5.74, 6) is -0.205. The van der Waals surface area contributed by atoms with E-state index in [2.05, 4.69) is 93.0 Å². The Labute approximate surface area is 341 Å². The molecule has 0 aromatic heterocycles. The topological polar surface area (TPSA) is 70.1 Å². The normalized spacial score (nSPS) is 13.5. The third-order valence-corrected chi connectivity index (χ3v) is 10.4. The van der Waals surface area contributed by atoms with E-state index in [1.54, 1.807) is 0 Å². The zero-order chi connectivity index (χ0) is 40.5. The Balaban J connectivity index is 4.65. The Kier molecular flexibility index (Phi) is 40.1. The molecular weight excluding hydrogens is 681 g/mol. The highest BCUT2D eigenvalue weighted by Crippen LogP contribution is 2.15. The molecule has 320 valence electrons. The van der Waals surface area contributed by atoms with Crippen LogP contribution in [0.4, 0.5) is 0 Å². The number of hydrogen-bond donors (Lipinski definition) is 1. The van der Waals surface area contributed by atoms with Crippen molar-refractivity contribution in [3.63, 3.8) is 0 Å². The number of ether oxygens (including phenoxy) is 1. The highest BCUT2D eigenvalue weighted by molar-refractivity contribution is 5.69. The maximum absolute atomic E-state index is 12.6. The van der Waals surface area contributed by atoms with Gasteiger partial charge in [-0.1, -0.05) is 134 Å². The van der Waals surface area contributed by atoms with Crippen LogP contribution in [0, 0.1) is 5.92 Å². The van der Waals surface area contributed by atoms with Crippen molar-refractivity contribution in [1.29, 1.82) is 0 Å². The molecule has 0 spiro atoms. The van der Waals surface area contributed by atoms with E-state index in [1.165, 1.54) is 77.0 Å². The van der Waals surface area contributed by atoms with Crippen LogP contribution in [0.15, 0.2) is 48.6 Å². The molecule has 0 aromatic rings. The molecule has 0 saturated carbocycles. The fourth-order valence-corrected chi connectivity index (χ4v) is 6.95. The average molecular weight is 771 g/mol. The van der Waals surface area contributed by atoms with Crippen LogP contribution in [-0.4, -0.2) is 78.6 Å². The molecule has 0 fully saturated rings. The predicted molar refractivity (Wildman–Crippen MR) is 239 cm³/mol. The standard InChI is InChI=1S/C49H90N2O4/c1-6-9-11-13-15-17-19-21-23-25-27-29-31-33-36-47(45-52)43-50(40-35-38-49(54)55-42-41-51(39-8-3)46(4)5)44-48(53)37-34-32-30-28-26-24-22-20-18-16-14-12-10-7-2/h15-18,21-24,45-48,53H,6-14,19-20,25-44H2,1-5H3/b17-15-,18-16-,23-21-,24-22-. The molecular formula is C49H90N2O4. The fraction of sp³-hybridized carbons (Fsp3) is 0.796. The molecule has 0 bridgehead atoms. The maximum Gasteiger partial charge on any atom is 0.305 e. The summed E-state index contributed by atoms with van der Waals surface area (Å²) in [6, 6.07) is 0.434. The van der Waals surface area contributed by atoms with Crippen LogP contribution < -0.4 is 0 Å². The van der Waals surface area contributed by atoms with Crippen molar-refractivity contribution < 1.29 is 19.4 Å². The van der Waals surface area contributed by atoms with Crippen molar-refractivity contribution in [3.8, 4) is 0 Å². The number of carbonyl (C=O) groups is 2. The summed E-state index contributed by atoms with van der Waals surface area (Å²) in [6.45, 7) is 15.1. The molecule has 2 atom stereocenters. The lowest BCUT2D eigenvalue weighted by Gasteiger charge is -2.27. The van der Waals surface area contributed by atoms with E-state index in [-0.39, 0.29) is 11.9 Å². The summed E-state index contributed by atoms with van der Waals surface area (Å²) in [5.41, 5.74) is 0. The minimum absolute atomic E-state index is 0.0478. The summed E-state index contributed by atoms with van der Waals surface area (Å²) in [7, 11) is 0. The molecule has 0 aliphatic heterocycles. The molecule has 2 unspecified atom stereocenters. The lowest BCUT2D eigenvalue weighted by atomic mass is 10.00. The zero-order valence-electron chi connectivity index (χ0n) is 36.9. The number of unbranched alkanes of at least 4 members (excludes halogenated alkanes) is 14. The van der Waals surface area contributed by atoms with E-state index in [0.29, 0.717) is 45.1 Å². The van der Waals surface area contributed by atoms with Gasteiger partial charge in [0.25, 0.3) is 0 Å². The number of aldehydes is 1. The van der Waals surface area contributed by atoms with Crippen LogP contribution in [-0.2, 0) is 14.3 Å². The first kappa shape index (κ1) is 53.0. The van der Waals surface area contributed by atoms with Gasteiger partial charge in [0, 0.05) is 38.0 Å². The van der Waals surface area contributed by atoms with Gasteiger partial charge in [-0.15, -0.1) is 0 Å². The molecule has 0 amide bonds. The SMILES string of the molecule is CCCCC/C=C\C/C=C\CCCCCCC(O)CN(CCCC(=O)OCCN(CCC)C(C)C)CC(C=O)CCCCCC/C=C\C/C=C\CCCCC. The van der Waals surface area contributed by atoms with Crippen molar-refractivity contribution in [1.82, 2.24) is 9.80 Å². The third kappa shape index (κ3) is 37.3. The fourth-order valence-electron chi connectivity index (χ4n) is 6.95. The third-order valence-electron chi connectivity index (χ3n) is 10.4. The van der Waals surface area contributed by atoms with E-state index in [0.717, 1.165) is 90.0 Å². The molecule has 0 aliphatic rings. The van der Waals surface area contributed by atoms with Crippen molar-refractivity contribution in [2.24, 2.45) is 5.92 Å². The first-order chi connectivity index (χ1) is 26.9. The van der Waals surface area contributed by atoms with Gasteiger partial charge >= 0.3 is 5.97 Å². The maximum atomic E-state index is 12.6. The van der Waals surface area contributed by atoms with Crippen molar-refractivity contribution >= 4 is 12.3 Å². The number of aliphatic hydroxyl groups is 1. The second-order valence-electron chi connectivity index (χ2n) is 16.1. The van der Waals surface area contributed by atoms with Gasteiger partial charge in [0.15, 0.2) is 0 Å². The van der Waals surface area contributed by atoms with Crippen molar-refractivity contribution in [2.75, 3.05) is 39.3 Å². The van der Waals surface area contributed by atoms with Crippen LogP contribution in [0.1, 0.15) is 195 Å². The van der Waals surface area contributed by atoms with Crippen LogP contribution >= 0.6 is 0 Å². The second kappa shape index (κ2) is 41.6. The van der Waals surface area contributed by atoms with E-state index in [4.69, 9.17) is 4.74 Å². The van der Waals surface area contributed by atoms with Gasteiger partial charge in [0.2, 0.25) is 0 Å². The minimum atomic E-state index is -0.423. The molecule has 0 aromatic carbocycles. The summed E-state index contributed by atoms with van der Waals surface area (Å²) in [5, 5.41) is 11.0. The van der Waals surface area contributed by atoms with Gasteiger partial charge < -0.3 is 19.5 Å². The van der Waals surface area contributed by atoms with Crippen LogP contribution in [0.2, 0.25) is 0 Å². The number of esters is 1. The lowest BCUT2D eigenvalue weighted by Crippen LogP contribution is -2.37. The molecule has 0 rings (SSSR count). The van der Waals surface area contributed by atoms with Gasteiger partial charge in [0.1, 0.15) is 12.9 Å². The molecule has 6 nitrogen and oxygen atoms in total. The Morgan fingerprint density at radius 1 is 0.582 bits per heavy atom. The molecule has 1 N–H and O–H groups in total. The van der Waals surface area contributed by atoms with Crippen molar-refractivity contribution in [3.05, 3.63) is 48.6 Å². The largest absolute Gasteiger partial charge is 0.464 e. The zero-order valence-corrected chi connectivity index (χ0v) is 36.9. The number of nitrogens with zero attached hydrogens (tertiary/aromatic N) is 2. The summed E-state index contributed by atoms with van der Waals surface area (Å²) >= 11 is 0. The molecule has 0 saturated heterocycles. The monoisotopic (exact) mass is 771 g/mol. The Morgan fingerprint density at radius 2 is 1.09 bits per heavy atom. The smallest absolute Gasteiger partial charge is 0.305 e.